The minimum absolute atomic E-state index is 0.0800. The van der Waals surface area contributed by atoms with Gasteiger partial charge in [-0.05, 0) is 25.2 Å². The summed E-state index contributed by atoms with van der Waals surface area (Å²) in [7, 11) is 0. The molecule has 2 aromatic rings. The summed E-state index contributed by atoms with van der Waals surface area (Å²) < 4.78 is 81.6. The first-order valence-corrected chi connectivity index (χ1v) is 11.2. The molecule has 6 nitrogen and oxygen atoms in total. The van der Waals surface area contributed by atoms with E-state index in [1.807, 2.05) is 6.26 Å². The van der Waals surface area contributed by atoms with Gasteiger partial charge in [0.05, 0.1) is 21.0 Å². The van der Waals surface area contributed by atoms with Gasteiger partial charge in [0.2, 0.25) is 5.95 Å². The van der Waals surface area contributed by atoms with E-state index in [1.165, 1.54) is 6.07 Å². The molecule has 0 aliphatic carbocycles. The number of hydrogen-bond donors (Lipinski definition) is 2. The van der Waals surface area contributed by atoms with Gasteiger partial charge in [-0.1, -0.05) is 11.9 Å². The van der Waals surface area contributed by atoms with Crippen LogP contribution in [-0.2, 0) is 6.18 Å². The molecule has 3 heterocycles. The normalized spacial score (nSPS) is 17.2. The first kappa shape index (κ1) is 24.6. The third-order valence-electron chi connectivity index (χ3n) is 4.81. The summed E-state index contributed by atoms with van der Waals surface area (Å²) >= 11 is 1.83. The Balaban J connectivity index is 1.98. The number of piperidine rings is 1. The number of aromatic nitrogens is 2. The van der Waals surface area contributed by atoms with Crippen LogP contribution in [0.1, 0.15) is 34.9 Å². The van der Waals surface area contributed by atoms with Crippen LogP contribution in [0, 0.1) is 11.3 Å². The molecule has 1 unspecified atom stereocenters. The summed E-state index contributed by atoms with van der Waals surface area (Å²) in [6, 6.07) is 2.28. The van der Waals surface area contributed by atoms with E-state index >= 15 is 0 Å². The van der Waals surface area contributed by atoms with Crippen molar-refractivity contribution in [2.45, 2.75) is 37.3 Å². The van der Waals surface area contributed by atoms with Crippen LogP contribution >= 0.6 is 23.3 Å². The molecule has 32 heavy (non-hydrogen) atoms. The molecule has 0 aromatic carbocycles. The monoisotopic (exact) mass is 497 g/mol. The van der Waals surface area contributed by atoms with Crippen molar-refractivity contribution in [3.8, 4) is 16.6 Å². The summed E-state index contributed by atoms with van der Waals surface area (Å²) in [6.07, 6.45) is -9.03. The Labute approximate surface area is 187 Å². The van der Waals surface area contributed by atoms with Gasteiger partial charge in [-0.15, -0.1) is 11.3 Å². The highest BCUT2D eigenvalue weighted by molar-refractivity contribution is 7.96. The van der Waals surface area contributed by atoms with Gasteiger partial charge in [-0.2, -0.15) is 31.6 Å². The maximum absolute atomic E-state index is 13.5. The highest BCUT2D eigenvalue weighted by atomic mass is 32.2. The summed E-state index contributed by atoms with van der Waals surface area (Å²) in [5, 5.41) is 21.7. The third-order valence-corrected chi connectivity index (χ3v) is 6.89. The molecule has 0 amide bonds. The van der Waals surface area contributed by atoms with E-state index < -0.39 is 40.2 Å². The predicted molar refractivity (Wildman–Crippen MR) is 108 cm³/mol. The number of thiophene rings is 1. The number of aliphatic hydroxyl groups excluding tert-OH is 1. The van der Waals surface area contributed by atoms with Gasteiger partial charge in [-0.25, -0.2) is 9.97 Å². The Kier molecular flexibility index (Phi) is 7.23. The van der Waals surface area contributed by atoms with Crippen molar-refractivity contribution < 1.29 is 31.4 Å². The number of nitrogens with one attached hydrogen (secondary N) is 1. The number of aliphatic hydroxyl groups is 1. The molecule has 1 aliphatic heterocycles. The second-order valence-corrected chi connectivity index (χ2v) is 8.89. The highest BCUT2D eigenvalue weighted by Gasteiger charge is 2.43. The molecule has 2 aromatic heterocycles. The molecule has 1 aliphatic rings. The fourth-order valence-electron chi connectivity index (χ4n) is 3.17. The number of halogens is 6. The lowest BCUT2D eigenvalue weighted by Gasteiger charge is -2.30. The van der Waals surface area contributed by atoms with Crippen LogP contribution in [-0.4, -0.2) is 50.9 Å². The van der Waals surface area contributed by atoms with Crippen molar-refractivity contribution in [1.82, 2.24) is 14.3 Å². The largest absolute Gasteiger partial charge is 0.420 e. The smallest absolute Gasteiger partial charge is 0.379 e. The summed E-state index contributed by atoms with van der Waals surface area (Å²) in [5.74, 6) is -0.0968. The standard InChI is InChI=1S/C18H17F6N5OS2/c1-31-29-4-2-10(3-5-29)27-16-26-8-11(17(19,20)21)13(28-16)12-6-9(7-25)14(32-12)15(30)18(22,23)24/h6,8,10,15,30H,2-5H2,1H3,(H,26,27,28). The highest BCUT2D eigenvalue weighted by Crippen LogP contribution is 2.44. The van der Waals surface area contributed by atoms with Crippen LogP contribution in [0.15, 0.2) is 12.3 Å². The van der Waals surface area contributed by atoms with E-state index in [2.05, 4.69) is 19.6 Å². The molecule has 1 fully saturated rings. The van der Waals surface area contributed by atoms with E-state index in [9.17, 15) is 31.4 Å². The van der Waals surface area contributed by atoms with Gasteiger partial charge in [0.1, 0.15) is 11.6 Å². The van der Waals surface area contributed by atoms with Gasteiger partial charge < -0.3 is 10.4 Å². The molecule has 14 heteroatoms. The number of anilines is 1. The molecule has 2 N–H and O–H groups in total. The molecule has 0 spiro atoms. The zero-order chi connectivity index (χ0) is 23.7. The van der Waals surface area contributed by atoms with Crippen molar-refractivity contribution >= 4 is 29.2 Å². The lowest BCUT2D eigenvalue weighted by molar-refractivity contribution is -0.205. The number of hydrogen-bond acceptors (Lipinski definition) is 8. The molecular formula is C18H17F6N5OS2. The Morgan fingerprint density at radius 3 is 2.47 bits per heavy atom. The van der Waals surface area contributed by atoms with Gasteiger partial charge in [0.15, 0.2) is 6.10 Å². The minimum Gasteiger partial charge on any atom is -0.379 e. The van der Waals surface area contributed by atoms with Crippen molar-refractivity contribution in [2.24, 2.45) is 0 Å². The van der Waals surface area contributed by atoms with Crippen LogP contribution in [0.25, 0.3) is 10.6 Å². The number of nitriles is 1. The zero-order valence-corrected chi connectivity index (χ0v) is 18.1. The second kappa shape index (κ2) is 9.42. The predicted octanol–water partition coefficient (Wildman–Crippen LogP) is 4.85. The maximum atomic E-state index is 13.5. The summed E-state index contributed by atoms with van der Waals surface area (Å²) in [4.78, 5) is 6.55. The van der Waals surface area contributed by atoms with Gasteiger partial charge in [0, 0.05) is 25.3 Å². The first-order valence-electron chi connectivity index (χ1n) is 9.22. The SMILES string of the molecule is CSN1CCC(Nc2ncc(C(F)(F)F)c(-c3cc(C#N)c(C(O)C(F)(F)F)s3)n2)CC1. The van der Waals surface area contributed by atoms with E-state index in [-0.39, 0.29) is 28.2 Å². The maximum Gasteiger partial charge on any atom is 0.420 e. The third kappa shape index (κ3) is 5.45. The molecule has 3 rings (SSSR count). The first-order chi connectivity index (χ1) is 14.9. The fraction of sp³-hybridized carbons (Fsp3) is 0.500. The van der Waals surface area contributed by atoms with E-state index in [1.54, 1.807) is 11.9 Å². The average molecular weight is 497 g/mol. The molecule has 0 radical (unpaired) electrons. The van der Waals surface area contributed by atoms with Crippen molar-refractivity contribution in [3.63, 3.8) is 0 Å². The van der Waals surface area contributed by atoms with Gasteiger partial charge in [-0.3, -0.25) is 4.31 Å². The zero-order valence-electron chi connectivity index (χ0n) is 16.5. The lowest BCUT2D eigenvalue weighted by atomic mass is 10.1. The van der Waals surface area contributed by atoms with Crippen LogP contribution in [0.5, 0.6) is 0 Å². The number of rotatable bonds is 5. The molecular weight excluding hydrogens is 480 g/mol. The summed E-state index contributed by atoms with van der Waals surface area (Å²) in [6.45, 7) is 1.53. The van der Waals surface area contributed by atoms with E-state index in [0.29, 0.717) is 19.0 Å². The van der Waals surface area contributed by atoms with Gasteiger partial charge >= 0.3 is 12.4 Å². The van der Waals surface area contributed by atoms with E-state index in [0.717, 1.165) is 19.2 Å². The fourth-order valence-corrected chi connectivity index (χ4v) is 4.87. The number of nitrogens with zero attached hydrogens (tertiary/aromatic N) is 4. The molecule has 1 saturated heterocycles. The van der Waals surface area contributed by atoms with Crippen molar-refractivity contribution in [2.75, 3.05) is 24.7 Å². The molecule has 174 valence electrons. The Morgan fingerprint density at radius 1 is 1.28 bits per heavy atom. The van der Waals surface area contributed by atoms with Crippen molar-refractivity contribution in [3.05, 3.63) is 28.3 Å². The Bertz CT molecular complexity index is 995. The molecule has 1 atom stereocenters. The van der Waals surface area contributed by atoms with Crippen LogP contribution < -0.4 is 5.32 Å². The lowest BCUT2D eigenvalue weighted by Crippen LogP contribution is -2.35. The number of alkyl halides is 6. The van der Waals surface area contributed by atoms with E-state index in [4.69, 9.17) is 5.26 Å². The molecule has 0 saturated carbocycles. The van der Waals surface area contributed by atoms with Crippen molar-refractivity contribution in [1.29, 1.82) is 5.26 Å². The van der Waals surface area contributed by atoms with Crippen LogP contribution in [0.4, 0.5) is 32.3 Å². The van der Waals surface area contributed by atoms with Crippen LogP contribution in [0.3, 0.4) is 0 Å². The van der Waals surface area contributed by atoms with Gasteiger partial charge in [0.25, 0.3) is 0 Å². The Morgan fingerprint density at radius 2 is 1.94 bits per heavy atom. The second-order valence-electron chi connectivity index (χ2n) is 6.93. The Hall–Kier alpha value is -2.08. The topological polar surface area (TPSA) is 85.1 Å². The van der Waals surface area contributed by atoms with Crippen LogP contribution in [0.2, 0.25) is 0 Å². The minimum atomic E-state index is -5.08. The summed E-state index contributed by atoms with van der Waals surface area (Å²) in [5.41, 5.74) is -2.47. The average Bonchev–Trinajstić information content (AvgIpc) is 3.16. The quantitative estimate of drug-likeness (QED) is 0.452. The molecule has 0 bridgehead atoms.